The molecule has 0 aliphatic carbocycles. The molecule has 1 saturated heterocycles. The topological polar surface area (TPSA) is 57.6 Å². The van der Waals surface area contributed by atoms with Gasteiger partial charge in [0, 0.05) is 13.1 Å². The maximum absolute atomic E-state index is 12.2. The van der Waals surface area contributed by atoms with Crippen LogP contribution >= 0.6 is 0 Å². The fraction of sp³-hybridized carbons (Fsp3) is 1.00. The van der Waals surface area contributed by atoms with Crippen molar-refractivity contribution >= 4 is 10.0 Å². The van der Waals surface area contributed by atoms with E-state index in [-0.39, 0.29) is 19.5 Å². The summed E-state index contributed by atoms with van der Waals surface area (Å²) in [6, 6.07) is 0. The van der Waals surface area contributed by atoms with Crippen LogP contribution in [0, 0.1) is 0 Å². The van der Waals surface area contributed by atoms with Crippen LogP contribution in [0.4, 0.5) is 8.78 Å². The third kappa shape index (κ3) is 3.09. The quantitative estimate of drug-likeness (QED) is 0.779. The first-order valence-electron chi connectivity index (χ1n) is 4.75. The molecule has 1 heterocycles. The summed E-state index contributed by atoms with van der Waals surface area (Å²) < 4.78 is 47.5. The van der Waals surface area contributed by atoms with Crippen molar-refractivity contribution < 1.29 is 22.3 Å². The summed E-state index contributed by atoms with van der Waals surface area (Å²) >= 11 is 0. The molecule has 1 aliphatic rings. The fourth-order valence-electron chi connectivity index (χ4n) is 1.61. The molecule has 1 unspecified atom stereocenters. The van der Waals surface area contributed by atoms with Gasteiger partial charge in [-0.15, -0.1) is 0 Å². The number of hydrogen-bond donors (Lipinski definition) is 1. The lowest BCUT2D eigenvalue weighted by atomic mass is 9.98. The van der Waals surface area contributed by atoms with Gasteiger partial charge in [0.15, 0.2) is 0 Å². The largest absolute Gasteiger partial charge is 0.390 e. The number of aliphatic hydroxyl groups is 1. The van der Waals surface area contributed by atoms with Gasteiger partial charge < -0.3 is 5.11 Å². The van der Waals surface area contributed by atoms with Gasteiger partial charge in [-0.2, -0.15) is 13.1 Å². The van der Waals surface area contributed by atoms with Gasteiger partial charge in [0.1, 0.15) is 0 Å². The molecule has 0 bridgehead atoms. The first-order chi connectivity index (χ1) is 6.76. The highest BCUT2D eigenvalue weighted by Crippen LogP contribution is 2.24. The van der Waals surface area contributed by atoms with Gasteiger partial charge in [-0.05, 0) is 26.2 Å². The first kappa shape index (κ1) is 12.8. The van der Waals surface area contributed by atoms with E-state index in [2.05, 4.69) is 0 Å². The molecule has 1 N–H and O–H groups in total. The average molecular weight is 243 g/mol. The Kier molecular flexibility index (Phi) is 3.67. The van der Waals surface area contributed by atoms with Gasteiger partial charge in [0.05, 0.1) is 5.60 Å². The molecule has 1 rings (SSSR count). The predicted molar refractivity (Wildman–Crippen MR) is 51.0 cm³/mol. The summed E-state index contributed by atoms with van der Waals surface area (Å²) in [5, 5.41) is 9.67. The zero-order chi connectivity index (χ0) is 11.7. The van der Waals surface area contributed by atoms with Gasteiger partial charge >= 0.3 is 5.76 Å². The number of halogens is 2. The summed E-state index contributed by atoms with van der Waals surface area (Å²) in [6.07, 6.45) is 1.03. The van der Waals surface area contributed by atoms with Crippen molar-refractivity contribution in [3.63, 3.8) is 0 Å². The third-order valence-electron chi connectivity index (χ3n) is 2.61. The van der Waals surface area contributed by atoms with Crippen molar-refractivity contribution in [2.24, 2.45) is 0 Å². The molecule has 0 saturated carbocycles. The maximum Gasteiger partial charge on any atom is 0.350 e. The van der Waals surface area contributed by atoms with Crippen LogP contribution in [-0.2, 0) is 10.0 Å². The molecule has 0 radical (unpaired) electrons. The van der Waals surface area contributed by atoms with Crippen molar-refractivity contribution in [1.29, 1.82) is 0 Å². The van der Waals surface area contributed by atoms with Crippen LogP contribution in [0.25, 0.3) is 0 Å². The minimum atomic E-state index is -4.48. The third-order valence-corrected chi connectivity index (χ3v) is 4.14. The molecule has 1 fully saturated rings. The summed E-state index contributed by atoms with van der Waals surface area (Å²) in [7, 11) is -4.48. The summed E-state index contributed by atoms with van der Waals surface area (Å²) in [5.41, 5.74) is -0.952. The van der Waals surface area contributed by atoms with Gasteiger partial charge in [-0.25, -0.2) is 8.42 Å². The van der Waals surface area contributed by atoms with Crippen LogP contribution in [0.5, 0.6) is 0 Å². The van der Waals surface area contributed by atoms with Crippen molar-refractivity contribution in [2.75, 3.05) is 13.1 Å². The van der Waals surface area contributed by atoms with E-state index in [0.29, 0.717) is 12.8 Å². The second-order valence-electron chi connectivity index (χ2n) is 4.06. The SMILES string of the molecule is CC1(O)CCCN(S(=O)(=O)C(F)F)CC1. The number of sulfonamides is 1. The smallest absolute Gasteiger partial charge is 0.350 e. The van der Waals surface area contributed by atoms with Crippen molar-refractivity contribution in [1.82, 2.24) is 4.31 Å². The van der Waals surface area contributed by atoms with Gasteiger partial charge in [-0.1, -0.05) is 0 Å². The molecule has 7 heteroatoms. The van der Waals surface area contributed by atoms with Crippen LogP contribution in [-0.4, -0.2) is 42.3 Å². The Bertz CT molecular complexity index is 316. The number of nitrogens with zero attached hydrogens (tertiary/aromatic N) is 1. The summed E-state index contributed by atoms with van der Waals surface area (Å²) in [5.74, 6) is -3.37. The lowest BCUT2D eigenvalue weighted by Crippen LogP contribution is -2.37. The van der Waals surface area contributed by atoms with Crippen molar-refractivity contribution in [2.45, 2.75) is 37.5 Å². The Morgan fingerprint density at radius 1 is 1.33 bits per heavy atom. The van der Waals surface area contributed by atoms with Gasteiger partial charge in [-0.3, -0.25) is 0 Å². The Balaban J connectivity index is 2.75. The van der Waals surface area contributed by atoms with Crippen molar-refractivity contribution in [3.05, 3.63) is 0 Å². The number of rotatable bonds is 2. The van der Waals surface area contributed by atoms with E-state index in [0.717, 1.165) is 4.31 Å². The molecule has 15 heavy (non-hydrogen) atoms. The van der Waals surface area contributed by atoms with Crippen LogP contribution < -0.4 is 0 Å². The van der Waals surface area contributed by atoms with E-state index < -0.39 is 21.4 Å². The lowest BCUT2D eigenvalue weighted by molar-refractivity contribution is 0.0463. The molecule has 1 aliphatic heterocycles. The highest BCUT2D eigenvalue weighted by Gasteiger charge is 2.35. The van der Waals surface area contributed by atoms with E-state index in [4.69, 9.17) is 0 Å². The van der Waals surface area contributed by atoms with E-state index in [9.17, 15) is 22.3 Å². The number of alkyl halides is 2. The fourth-order valence-corrected chi connectivity index (χ4v) is 2.56. The average Bonchev–Trinajstić information content (AvgIpc) is 2.26. The minimum Gasteiger partial charge on any atom is -0.390 e. The zero-order valence-electron chi connectivity index (χ0n) is 8.49. The van der Waals surface area contributed by atoms with Crippen LogP contribution in [0.15, 0.2) is 0 Å². The van der Waals surface area contributed by atoms with Crippen LogP contribution in [0.3, 0.4) is 0 Å². The van der Waals surface area contributed by atoms with Crippen molar-refractivity contribution in [3.8, 4) is 0 Å². The van der Waals surface area contributed by atoms with Crippen LogP contribution in [0.2, 0.25) is 0 Å². The predicted octanol–water partition coefficient (Wildman–Crippen LogP) is 0.776. The highest BCUT2D eigenvalue weighted by atomic mass is 32.2. The lowest BCUT2D eigenvalue weighted by Gasteiger charge is -2.21. The van der Waals surface area contributed by atoms with E-state index in [1.54, 1.807) is 6.92 Å². The monoisotopic (exact) mass is 243 g/mol. The molecule has 0 aromatic rings. The standard InChI is InChI=1S/C8H15F2NO3S/c1-8(12)3-2-5-11(6-4-8)15(13,14)7(9)10/h7,12H,2-6H2,1H3. The molecule has 90 valence electrons. The van der Waals surface area contributed by atoms with Gasteiger partial charge in [0.25, 0.3) is 10.0 Å². The van der Waals surface area contributed by atoms with E-state index in [1.807, 2.05) is 0 Å². The molecular weight excluding hydrogens is 228 g/mol. The second kappa shape index (κ2) is 4.31. The Hall–Kier alpha value is -0.270. The highest BCUT2D eigenvalue weighted by molar-refractivity contribution is 7.89. The normalized spacial score (nSPS) is 30.5. The maximum atomic E-state index is 12.2. The molecule has 0 amide bonds. The molecule has 1 atom stereocenters. The first-order valence-corrected chi connectivity index (χ1v) is 6.25. The number of hydrogen-bond acceptors (Lipinski definition) is 3. The minimum absolute atomic E-state index is 0.0420. The summed E-state index contributed by atoms with van der Waals surface area (Å²) in [6.45, 7) is 1.61. The Morgan fingerprint density at radius 2 is 1.93 bits per heavy atom. The second-order valence-corrected chi connectivity index (χ2v) is 5.96. The molecule has 0 spiro atoms. The zero-order valence-corrected chi connectivity index (χ0v) is 9.30. The molecule has 0 aromatic heterocycles. The molecular formula is C8H15F2NO3S. The van der Waals surface area contributed by atoms with E-state index in [1.165, 1.54) is 0 Å². The molecule has 0 aromatic carbocycles. The summed E-state index contributed by atoms with van der Waals surface area (Å²) in [4.78, 5) is 0. The van der Waals surface area contributed by atoms with Gasteiger partial charge in [0.2, 0.25) is 0 Å². The van der Waals surface area contributed by atoms with E-state index >= 15 is 0 Å². The Labute approximate surface area is 87.9 Å². The Morgan fingerprint density at radius 3 is 2.47 bits per heavy atom. The van der Waals surface area contributed by atoms with Crippen LogP contribution in [0.1, 0.15) is 26.2 Å². The molecule has 4 nitrogen and oxygen atoms in total.